The van der Waals surface area contributed by atoms with E-state index in [0.29, 0.717) is 13.0 Å². The maximum absolute atomic E-state index is 11.4. The first-order chi connectivity index (χ1) is 11.8. The van der Waals surface area contributed by atoms with Crippen molar-refractivity contribution in [2.45, 2.75) is 25.4 Å². The van der Waals surface area contributed by atoms with Gasteiger partial charge in [0.25, 0.3) is 0 Å². The van der Waals surface area contributed by atoms with Gasteiger partial charge in [0.15, 0.2) is 0 Å². The zero-order valence-electron chi connectivity index (χ0n) is 13.3. The lowest BCUT2D eigenvalue weighted by molar-refractivity contribution is -0.119. The van der Waals surface area contributed by atoms with E-state index in [4.69, 9.17) is 0 Å². The van der Waals surface area contributed by atoms with Crippen molar-refractivity contribution in [3.63, 3.8) is 0 Å². The van der Waals surface area contributed by atoms with E-state index in [-0.39, 0.29) is 11.9 Å². The van der Waals surface area contributed by atoms with Crippen LogP contribution in [-0.2, 0) is 11.3 Å². The van der Waals surface area contributed by atoms with Gasteiger partial charge in [-0.25, -0.2) is 0 Å². The summed E-state index contributed by atoms with van der Waals surface area (Å²) in [4.78, 5) is 15.9. The third-order valence-corrected chi connectivity index (χ3v) is 4.45. The lowest BCUT2D eigenvalue weighted by Gasteiger charge is -2.13. The fraction of sp³-hybridized carbons (Fsp3) is 0.200. The average Bonchev–Trinajstić information content (AvgIpc) is 3.06. The van der Waals surface area contributed by atoms with E-state index in [0.717, 1.165) is 28.8 Å². The molecular formula is C20H19N3O. The molecule has 1 amide bonds. The zero-order chi connectivity index (χ0) is 16.4. The Morgan fingerprint density at radius 2 is 1.96 bits per heavy atom. The summed E-state index contributed by atoms with van der Waals surface area (Å²) in [6, 6.07) is 18.7. The molecule has 2 heterocycles. The Kier molecular flexibility index (Phi) is 3.87. The van der Waals surface area contributed by atoms with Crippen LogP contribution in [0.3, 0.4) is 0 Å². The molecule has 0 spiro atoms. The zero-order valence-corrected chi connectivity index (χ0v) is 13.3. The number of rotatable bonds is 4. The highest BCUT2D eigenvalue weighted by atomic mass is 16.1. The molecule has 2 aromatic carbocycles. The summed E-state index contributed by atoms with van der Waals surface area (Å²) in [6.45, 7) is 0.672. The second kappa shape index (κ2) is 6.32. The molecular weight excluding hydrogens is 298 g/mol. The Balaban J connectivity index is 1.47. The first-order valence-electron chi connectivity index (χ1n) is 8.25. The van der Waals surface area contributed by atoms with Gasteiger partial charge in [0.1, 0.15) is 0 Å². The first-order valence-corrected chi connectivity index (χ1v) is 8.25. The van der Waals surface area contributed by atoms with Gasteiger partial charge in [-0.3, -0.25) is 9.78 Å². The van der Waals surface area contributed by atoms with Crippen LogP contribution in [0.1, 0.15) is 30.1 Å². The van der Waals surface area contributed by atoms with Gasteiger partial charge in [-0.1, -0.05) is 36.4 Å². The highest BCUT2D eigenvalue weighted by molar-refractivity contribution is 5.81. The van der Waals surface area contributed by atoms with E-state index in [9.17, 15) is 4.79 Å². The van der Waals surface area contributed by atoms with Crippen LogP contribution < -0.4 is 10.6 Å². The molecule has 0 radical (unpaired) electrons. The molecule has 120 valence electrons. The van der Waals surface area contributed by atoms with E-state index in [1.165, 1.54) is 5.39 Å². The first kappa shape index (κ1) is 14.7. The number of hydrogen-bond donors (Lipinski definition) is 2. The number of anilines is 1. The Bertz CT molecular complexity index is 891. The quantitative estimate of drug-likeness (QED) is 0.769. The van der Waals surface area contributed by atoms with Crippen LogP contribution in [0.25, 0.3) is 10.8 Å². The van der Waals surface area contributed by atoms with E-state index >= 15 is 0 Å². The molecule has 0 aliphatic carbocycles. The summed E-state index contributed by atoms with van der Waals surface area (Å²) >= 11 is 0. The van der Waals surface area contributed by atoms with Gasteiger partial charge in [-0.15, -0.1) is 0 Å². The molecule has 4 nitrogen and oxygen atoms in total. The maximum atomic E-state index is 11.4. The number of fused-ring (bicyclic) bond motifs is 1. The number of pyridine rings is 1. The summed E-state index contributed by atoms with van der Waals surface area (Å²) in [6.07, 6.45) is 3.40. The fourth-order valence-corrected chi connectivity index (χ4v) is 3.15. The molecule has 1 aliphatic heterocycles. The van der Waals surface area contributed by atoms with Crippen molar-refractivity contribution in [2.24, 2.45) is 0 Å². The van der Waals surface area contributed by atoms with Crippen molar-refractivity contribution in [1.29, 1.82) is 0 Å². The van der Waals surface area contributed by atoms with Crippen molar-refractivity contribution >= 4 is 22.4 Å². The summed E-state index contributed by atoms with van der Waals surface area (Å²) in [5.41, 5.74) is 3.20. The summed E-state index contributed by atoms with van der Waals surface area (Å²) in [7, 11) is 0. The minimum atomic E-state index is 0.137. The van der Waals surface area contributed by atoms with Crippen molar-refractivity contribution < 1.29 is 4.79 Å². The standard InChI is InChI=1S/C20H19N3O/c24-20-9-8-19(23-20)15-6-3-7-17(11-15)22-13-18-10-14-4-1-2-5-16(14)12-21-18/h1-7,10-12,19,22H,8-9,13H2,(H,23,24). The highest BCUT2D eigenvalue weighted by Gasteiger charge is 2.22. The summed E-state index contributed by atoms with van der Waals surface area (Å²) in [5, 5.41) is 8.79. The molecule has 3 aromatic rings. The number of carbonyl (C=O) groups excluding carboxylic acids is 1. The minimum Gasteiger partial charge on any atom is -0.379 e. The lowest BCUT2D eigenvalue weighted by atomic mass is 10.0. The van der Waals surface area contributed by atoms with Crippen molar-refractivity contribution in [1.82, 2.24) is 10.3 Å². The van der Waals surface area contributed by atoms with Gasteiger partial charge in [0, 0.05) is 23.7 Å². The number of carbonyl (C=O) groups is 1. The van der Waals surface area contributed by atoms with Crippen molar-refractivity contribution in [3.8, 4) is 0 Å². The largest absolute Gasteiger partial charge is 0.379 e. The molecule has 2 N–H and O–H groups in total. The molecule has 4 heteroatoms. The number of amides is 1. The van der Waals surface area contributed by atoms with Gasteiger partial charge < -0.3 is 10.6 Å². The topological polar surface area (TPSA) is 54.0 Å². The van der Waals surface area contributed by atoms with Crippen molar-refractivity contribution in [3.05, 3.63) is 72.1 Å². The normalized spacial score (nSPS) is 17.0. The minimum absolute atomic E-state index is 0.137. The predicted octanol–water partition coefficient (Wildman–Crippen LogP) is 3.80. The van der Waals surface area contributed by atoms with E-state index in [2.05, 4.69) is 45.9 Å². The number of hydrogen-bond acceptors (Lipinski definition) is 3. The highest BCUT2D eigenvalue weighted by Crippen LogP contribution is 2.26. The van der Waals surface area contributed by atoms with Crippen LogP contribution in [0, 0.1) is 0 Å². The number of benzene rings is 2. The van der Waals surface area contributed by atoms with Gasteiger partial charge in [0.05, 0.1) is 18.3 Å². The van der Waals surface area contributed by atoms with Crippen LogP contribution in [-0.4, -0.2) is 10.9 Å². The second-order valence-corrected chi connectivity index (χ2v) is 6.16. The maximum Gasteiger partial charge on any atom is 0.220 e. The predicted molar refractivity (Wildman–Crippen MR) is 95.6 cm³/mol. The number of aromatic nitrogens is 1. The molecule has 1 fully saturated rings. The molecule has 1 aliphatic rings. The van der Waals surface area contributed by atoms with Crippen molar-refractivity contribution in [2.75, 3.05) is 5.32 Å². The molecule has 1 saturated heterocycles. The average molecular weight is 317 g/mol. The van der Waals surface area contributed by atoms with Gasteiger partial charge in [-0.05, 0) is 35.6 Å². The monoisotopic (exact) mass is 317 g/mol. The van der Waals surface area contributed by atoms with Crippen LogP contribution in [0.5, 0.6) is 0 Å². The van der Waals surface area contributed by atoms with E-state index in [1.54, 1.807) is 0 Å². The van der Waals surface area contributed by atoms with E-state index < -0.39 is 0 Å². The van der Waals surface area contributed by atoms with Crippen LogP contribution in [0.15, 0.2) is 60.8 Å². The molecule has 1 atom stereocenters. The Hall–Kier alpha value is -2.88. The third-order valence-electron chi connectivity index (χ3n) is 4.45. The van der Waals surface area contributed by atoms with Gasteiger partial charge in [0.2, 0.25) is 5.91 Å². The third kappa shape index (κ3) is 3.08. The molecule has 1 aromatic heterocycles. The smallest absolute Gasteiger partial charge is 0.220 e. The molecule has 1 unspecified atom stereocenters. The number of nitrogens with zero attached hydrogens (tertiary/aromatic N) is 1. The SMILES string of the molecule is O=C1CCC(c2cccc(NCc3cc4ccccc4cn3)c2)N1. The van der Waals surface area contributed by atoms with Crippen LogP contribution in [0.2, 0.25) is 0 Å². The fourth-order valence-electron chi connectivity index (χ4n) is 3.15. The molecule has 0 saturated carbocycles. The molecule has 4 rings (SSSR count). The Labute approximate surface area is 140 Å². The van der Waals surface area contributed by atoms with Gasteiger partial charge in [-0.2, -0.15) is 0 Å². The van der Waals surface area contributed by atoms with Crippen LogP contribution >= 0.6 is 0 Å². The summed E-state index contributed by atoms with van der Waals surface area (Å²) in [5.74, 6) is 0.138. The number of nitrogens with one attached hydrogen (secondary N) is 2. The summed E-state index contributed by atoms with van der Waals surface area (Å²) < 4.78 is 0. The Morgan fingerprint density at radius 3 is 2.79 bits per heavy atom. The van der Waals surface area contributed by atoms with Crippen LogP contribution in [0.4, 0.5) is 5.69 Å². The van der Waals surface area contributed by atoms with Gasteiger partial charge >= 0.3 is 0 Å². The molecule has 24 heavy (non-hydrogen) atoms. The lowest BCUT2D eigenvalue weighted by Crippen LogP contribution is -2.18. The molecule has 0 bridgehead atoms. The van der Waals surface area contributed by atoms with E-state index in [1.807, 2.05) is 30.5 Å². The Morgan fingerprint density at radius 1 is 1.08 bits per heavy atom. The second-order valence-electron chi connectivity index (χ2n) is 6.16.